The van der Waals surface area contributed by atoms with E-state index >= 15 is 0 Å². The van der Waals surface area contributed by atoms with E-state index in [0.717, 1.165) is 18.7 Å². The molecule has 1 aromatic carbocycles. The summed E-state index contributed by atoms with van der Waals surface area (Å²) in [6.45, 7) is 1.04. The van der Waals surface area contributed by atoms with E-state index in [2.05, 4.69) is 34.4 Å². The number of nitrogens with zero attached hydrogens (tertiary/aromatic N) is 2. The molecule has 2 heterocycles. The van der Waals surface area contributed by atoms with Crippen LogP contribution in [0.15, 0.2) is 28.8 Å². The monoisotopic (exact) mass is 286 g/mol. The van der Waals surface area contributed by atoms with E-state index in [9.17, 15) is 5.11 Å². The summed E-state index contributed by atoms with van der Waals surface area (Å²) >= 11 is 0. The molecule has 21 heavy (non-hydrogen) atoms. The van der Waals surface area contributed by atoms with Crippen molar-refractivity contribution in [1.29, 1.82) is 0 Å². The Morgan fingerprint density at radius 2 is 2.10 bits per heavy atom. The lowest BCUT2D eigenvalue weighted by Gasteiger charge is -2.24. The molecule has 4 rings (SSSR count). The Morgan fingerprint density at radius 3 is 3.00 bits per heavy atom. The highest BCUT2D eigenvalue weighted by Crippen LogP contribution is 2.37. The third kappa shape index (κ3) is 2.26. The minimum absolute atomic E-state index is 0.198. The van der Waals surface area contributed by atoms with Crippen LogP contribution in [0, 0.1) is 0 Å². The van der Waals surface area contributed by atoms with Crippen LogP contribution in [0.4, 0.5) is 0 Å². The standard InChI is InChI=1S/C16H18N2O3/c19-14-7-8-20-9-13(14)16-17-15(18-21-16)12-6-5-10-3-1-2-4-11(10)12/h1-4,12-14,19H,5-9H2. The van der Waals surface area contributed by atoms with Crippen molar-refractivity contribution in [2.45, 2.75) is 37.2 Å². The van der Waals surface area contributed by atoms with Crippen molar-refractivity contribution in [3.63, 3.8) is 0 Å². The van der Waals surface area contributed by atoms with Crippen LogP contribution in [0.1, 0.15) is 47.5 Å². The van der Waals surface area contributed by atoms with Crippen molar-refractivity contribution in [2.75, 3.05) is 13.2 Å². The zero-order valence-electron chi connectivity index (χ0n) is 11.7. The van der Waals surface area contributed by atoms with Gasteiger partial charge in [-0.1, -0.05) is 29.4 Å². The zero-order chi connectivity index (χ0) is 14.2. The number of aliphatic hydroxyl groups excluding tert-OH is 1. The fourth-order valence-electron chi connectivity index (χ4n) is 3.33. The number of aliphatic hydroxyl groups is 1. The molecule has 1 aliphatic heterocycles. The predicted molar refractivity (Wildman–Crippen MR) is 75.1 cm³/mol. The SMILES string of the molecule is OC1CCOCC1c1nc(C2CCc3ccccc32)no1. The summed E-state index contributed by atoms with van der Waals surface area (Å²) in [6.07, 6.45) is 2.24. The average Bonchev–Trinajstić information content (AvgIpc) is 3.14. The molecule has 0 radical (unpaired) electrons. The molecule has 3 atom stereocenters. The molecule has 1 N–H and O–H groups in total. The first kappa shape index (κ1) is 13.0. The smallest absolute Gasteiger partial charge is 0.234 e. The van der Waals surface area contributed by atoms with Gasteiger partial charge in [0, 0.05) is 12.5 Å². The molecule has 0 amide bonds. The van der Waals surface area contributed by atoms with Crippen LogP contribution >= 0.6 is 0 Å². The molecule has 1 aromatic heterocycles. The van der Waals surface area contributed by atoms with Crippen LogP contribution in [0.25, 0.3) is 0 Å². The normalized spacial score (nSPS) is 28.5. The fraction of sp³-hybridized carbons (Fsp3) is 0.500. The van der Waals surface area contributed by atoms with Crippen molar-refractivity contribution in [3.8, 4) is 0 Å². The van der Waals surface area contributed by atoms with Gasteiger partial charge in [-0.25, -0.2) is 0 Å². The number of benzene rings is 1. The molecule has 0 saturated carbocycles. The van der Waals surface area contributed by atoms with E-state index in [4.69, 9.17) is 9.26 Å². The second-order valence-electron chi connectivity index (χ2n) is 5.82. The highest BCUT2D eigenvalue weighted by molar-refractivity contribution is 5.38. The van der Waals surface area contributed by atoms with Crippen molar-refractivity contribution < 1.29 is 14.4 Å². The van der Waals surface area contributed by atoms with E-state index in [0.29, 0.717) is 25.5 Å². The number of fused-ring (bicyclic) bond motifs is 1. The van der Waals surface area contributed by atoms with Gasteiger partial charge in [-0.3, -0.25) is 0 Å². The minimum atomic E-state index is -0.456. The summed E-state index contributed by atoms with van der Waals surface area (Å²) < 4.78 is 10.8. The highest BCUT2D eigenvalue weighted by atomic mass is 16.5. The summed E-state index contributed by atoms with van der Waals surface area (Å²) in [6, 6.07) is 8.42. The van der Waals surface area contributed by atoms with E-state index in [1.165, 1.54) is 11.1 Å². The van der Waals surface area contributed by atoms with Gasteiger partial charge in [0.2, 0.25) is 5.89 Å². The summed E-state index contributed by atoms with van der Waals surface area (Å²) in [7, 11) is 0. The second-order valence-corrected chi connectivity index (χ2v) is 5.82. The molecule has 5 heteroatoms. The van der Waals surface area contributed by atoms with Crippen molar-refractivity contribution in [2.24, 2.45) is 0 Å². The minimum Gasteiger partial charge on any atom is -0.392 e. The summed E-state index contributed by atoms with van der Waals surface area (Å²) in [5, 5.41) is 14.2. The van der Waals surface area contributed by atoms with Gasteiger partial charge in [-0.05, 0) is 30.4 Å². The first-order valence-corrected chi connectivity index (χ1v) is 7.50. The number of rotatable bonds is 2. The third-order valence-electron chi connectivity index (χ3n) is 4.54. The van der Waals surface area contributed by atoms with Crippen LogP contribution in [0.2, 0.25) is 0 Å². The second kappa shape index (κ2) is 5.24. The number of aromatic nitrogens is 2. The van der Waals surface area contributed by atoms with Crippen molar-refractivity contribution in [1.82, 2.24) is 10.1 Å². The Hall–Kier alpha value is -1.72. The molecule has 1 saturated heterocycles. The van der Waals surface area contributed by atoms with Crippen molar-refractivity contribution >= 4 is 0 Å². The Morgan fingerprint density at radius 1 is 1.19 bits per heavy atom. The molecule has 0 bridgehead atoms. The van der Waals surface area contributed by atoms with E-state index in [-0.39, 0.29) is 11.8 Å². The van der Waals surface area contributed by atoms with Gasteiger partial charge < -0.3 is 14.4 Å². The maximum atomic E-state index is 10.0. The maximum Gasteiger partial charge on any atom is 0.234 e. The molecule has 2 aliphatic rings. The van der Waals surface area contributed by atoms with E-state index in [1.54, 1.807) is 0 Å². The predicted octanol–water partition coefficient (Wildman–Crippen LogP) is 2.01. The molecular formula is C16H18N2O3. The summed E-state index contributed by atoms with van der Waals surface area (Å²) in [5.74, 6) is 1.24. The molecule has 2 aromatic rings. The van der Waals surface area contributed by atoms with Gasteiger partial charge in [0.05, 0.1) is 18.6 Å². The number of ether oxygens (including phenoxy) is 1. The van der Waals surface area contributed by atoms with Gasteiger partial charge >= 0.3 is 0 Å². The summed E-state index contributed by atoms with van der Waals surface area (Å²) in [5.41, 5.74) is 2.67. The first-order valence-electron chi connectivity index (χ1n) is 7.50. The van der Waals surface area contributed by atoms with E-state index < -0.39 is 6.10 Å². The molecule has 5 nitrogen and oxygen atoms in total. The van der Waals surface area contributed by atoms with E-state index in [1.807, 2.05) is 0 Å². The molecule has 110 valence electrons. The first-order chi connectivity index (χ1) is 10.3. The largest absolute Gasteiger partial charge is 0.392 e. The lowest BCUT2D eigenvalue weighted by molar-refractivity contribution is -0.0149. The van der Waals surface area contributed by atoms with Crippen LogP contribution in [-0.4, -0.2) is 34.6 Å². The lowest BCUT2D eigenvalue weighted by atomic mass is 9.98. The van der Waals surface area contributed by atoms with Crippen molar-refractivity contribution in [3.05, 3.63) is 47.1 Å². The van der Waals surface area contributed by atoms with Gasteiger partial charge in [0.15, 0.2) is 5.82 Å². The zero-order valence-corrected chi connectivity index (χ0v) is 11.7. The van der Waals surface area contributed by atoms with Crippen LogP contribution in [-0.2, 0) is 11.2 Å². The highest BCUT2D eigenvalue weighted by Gasteiger charge is 2.33. The van der Waals surface area contributed by atoms with Gasteiger partial charge in [-0.15, -0.1) is 0 Å². The van der Waals surface area contributed by atoms with Crippen LogP contribution in [0.5, 0.6) is 0 Å². The molecule has 1 aliphatic carbocycles. The number of hydrogen-bond acceptors (Lipinski definition) is 5. The Labute approximate surface area is 122 Å². The topological polar surface area (TPSA) is 68.4 Å². The Kier molecular flexibility index (Phi) is 3.24. The Bertz CT molecular complexity index is 640. The molecule has 1 fully saturated rings. The fourth-order valence-corrected chi connectivity index (χ4v) is 3.33. The lowest BCUT2D eigenvalue weighted by Crippen LogP contribution is -2.30. The van der Waals surface area contributed by atoms with Gasteiger partial charge in [0.25, 0.3) is 0 Å². The molecule has 0 spiro atoms. The number of aryl methyl sites for hydroxylation is 1. The van der Waals surface area contributed by atoms with Crippen LogP contribution < -0.4 is 0 Å². The van der Waals surface area contributed by atoms with Crippen LogP contribution in [0.3, 0.4) is 0 Å². The Balaban J connectivity index is 1.61. The number of hydrogen-bond donors (Lipinski definition) is 1. The summed E-state index contributed by atoms with van der Waals surface area (Å²) in [4.78, 5) is 4.55. The third-order valence-corrected chi connectivity index (χ3v) is 4.54. The molecular weight excluding hydrogens is 268 g/mol. The van der Waals surface area contributed by atoms with Gasteiger partial charge in [0.1, 0.15) is 0 Å². The molecule has 3 unspecified atom stereocenters. The van der Waals surface area contributed by atoms with Gasteiger partial charge in [-0.2, -0.15) is 4.98 Å². The maximum absolute atomic E-state index is 10.0. The average molecular weight is 286 g/mol. The quantitative estimate of drug-likeness (QED) is 0.914.